The second kappa shape index (κ2) is 7.81. The molecule has 4 aromatic rings. The standard InChI is InChI=1S/C22H17ClN2O3S/c1-13-5-10-18(23)20-19(13)24-22(29-20)25(12-17-4-3-11-28-17)21(27)16-8-6-15(7-9-16)14(2)26/h3-11H,12H2,1-2H3. The van der Waals surface area contributed by atoms with Gasteiger partial charge in [0.15, 0.2) is 10.9 Å². The van der Waals surface area contributed by atoms with Crippen molar-refractivity contribution >= 4 is 50.0 Å². The molecule has 0 bridgehead atoms. The molecule has 5 nitrogen and oxygen atoms in total. The number of aryl methyl sites for hydroxylation is 1. The van der Waals surface area contributed by atoms with Gasteiger partial charge in [-0.1, -0.05) is 41.1 Å². The van der Waals surface area contributed by atoms with Crippen LogP contribution in [0.3, 0.4) is 0 Å². The monoisotopic (exact) mass is 424 g/mol. The third-order valence-corrected chi connectivity index (χ3v) is 6.13. The Labute approximate surface area is 176 Å². The van der Waals surface area contributed by atoms with Crippen LogP contribution >= 0.6 is 22.9 Å². The van der Waals surface area contributed by atoms with Crippen molar-refractivity contribution in [1.82, 2.24) is 4.98 Å². The second-order valence-electron chi connectivity index (χ2n) is 6.64. The third kappa shape index (κ3) is 3.81. The highest BCUT2D eigenvalue weighted by Gasteiger charge is 2.24. The van der Waals surface area contributed by atoms with Gasteiger partial charge in [-0.3, -0.25) is 14.5 Å². The maximum atomic E-state index is 13.3. The number of hydrogen-bond acceptors (Lipinski definition) is 5. The molecule has 0 saturated heterocycles. The van der Waals surface area contributed by atoms with Crippen molar-refractivity contribution in [1.29, 1.82) is 0 Å². The average molecular weight is 425 g/mol. The predicted molar refractivity (Wildman–Crippen MR) is 115 cm³/mol. The van der Waals surface area contributed by atoms with Gasteiger partial charge in [-0.25, -0.2) is 4.98 Å². The van der Waals surface area contributed by atoms with Crippen molar-refractivity contribution in [3.8, 4) is 0 Å². The molecule has 0 aliphatic carbocycles. The first-order valence-electron chi connectivity index (χ1n) is 8.95. The molecular formula is C22H17ClN2O3S. The van der Waals surface area contributed by atoms with Gasteiger partial charge in [-0.2, -0.15) is 0 Å². The Morgan fingerprint density at radius 3 is 2.45 bits per heavy atom. The van der Waals surface area contributed by atoms with E-state index in [2.05, 4.69) is 4.98 Å². The maximum absolute atomic E-state index is 13.3. The van der Waals surface area contributed by atoms with Crippen LogP contribution in [0.4, 0.5) is 5.13 Å². The number of Topliss-reactive ketones (excluding diaryl/α,β-unsaturated/α-hetero) is 1. The molecular weight excluding hydrogens is 408 g/mol. The molecule has 1 amide bonds. The molecule has 0 aliphatic rings. The van der Waals surface area contributed by atoms with E-state index in [-0.39, 0.29) is 18.2 Å². The minimum absolute atomic E-state index is 0.0484. The Kier molecular flexibility index (Phi) is 5.22. The van der Waals surface area contributed by atoms with E-state index in [4.69, 9.17) is 16.0 Å². The number of fused-ring (bicyclic) bond motifs is 1. The third-order valence-electron chi connectivity index (χ3n) is 4.59. The van der Waals surface area contributed by atoms with Crippen molar-refractivity contribution < 1.29 is 14.0 Å². The zero-order chi connectivity index (χ0) is 20.5. The number of rotatable bonds is 5. The molecule has 146 valence electrons. The molecule has 0 fully saturated rings. The summed E-state index contributed by atoms with van der Waals surface area (Å²) >= 11 is 7.72. The summed E-state index contributed by atoms with van der Waals surface area (Å²) in [5.41, 5.74) is 2.79. The van der Waals surface area contributed by atoms with E-state index in [1.54, 1.807) is 41.5 Å². The molecule has 2 heterocycles. The Morgan fingerprint density at radius 2 is 1.83 bits per heavy atom. The van der Waals surface area contributed by atoms with Crippen molar-refractivity contribution in [2.24, 2.45) is 0 Å². The quantitative estimate of drug-likeness (QED) is 0.374. The number of anilines is 1. The van der Waals surface area contributed by atoms with Crippen LogP contribution in [-0.4, -0.2) is 16.7 Å². The SMILES string of the molecule is CC(=O)c1ccc(C(=O)N(Cc2ccco2)c2nc3c(C)ccc(Cl)c3s2)cc1. The van der Waals surface area contributed by atoms with Crippen LogP contribution in [-0.2, 0) is 6.54 Å². The van der Waals surface area contributed by atoms with E-state index in [0.717, 1.165) is 15.8 Å². The molecule has 0 spiro atoms. The number of benzene rings is 2. The Morgan fingerprint density at radius 1 is 1.10 bits per heavy atom. The van der Waals surface area contributed by atoms with Gasteiger partial charge in [-0.05, 0) is 49.7 Å². The van der Waals surface area contributed by atoms with Gasteiger partial charge in [0, 0.05) is 11.1 Å². The molecule has 0 saturated carbocycles. The number of halogens is 1. The summed E-state index contributed by atoms with van der Waals surface area (Å²) in [4.78, 5) is 31.1. The van der Waals surface area contributed by atoms with Crippen molar-refractivity contribution in [2.75, 3.05) is 4.90 Å². The van der Waals surface area contributed by atoms with Gasteiger partial charge >= 0.3 is 0 Å². The van der Waals surface area contributed by atoms with Gasteiger partial charge in [0.1, 0.15) is 5.76 Å². The number of carbonyl (C=O) groups excluding carboxylic acids is 2. The lowest BCUT2D eigenvalue weighted by atomic mass is 10.1. The molecule has 0 N–H and O–H groups in total. The summed E-state index contributed by atoms with van der Waals surface area (Å²) in [6, 6.07) is 13.9. The smallest absolute Gasteiger partial charge is 0.260 e. The van der Waals surface area contributed by atoms with Crippen LogP contribution < -0.4 is 4.90 Å². The van der Waals surface area contributed by atoms with Gasteiger partial charge in [0.2, 0.25) is 0 Å². The molecule has 7 heteroatoms. The van der Waals surface area contributed by atoms with E-state index in [1.165, 1.54) is 18.3 Å². The first kappa shape index (κ1) is 19.4. The zero-order valence-electron chi connectivity index (χ0n) is 15.8. The molecule has 0 unspecified atom stereocenters. The van der Waals surface area contributed by atoms with Crippen LogP contribution in [0.2, 0.25) is 5.02 Å². The summed E-state index contributed by atoms with van der Waals surface area (Å²) in [6.07, 6.45) is 1.57. The highest BCUT2D eigenvalue weighted by Crippen LogP contribution is 2.36. The largest absolute Gasteiger partial charge is 0.467 e. The topological polar surface area (TPSA) is 63.4 Å². The van der Waals surface area contributed by atoms with Crippen molar-refractivity contribution in [3.63, 3.8) is 0 Å². The fraction of sp³-hybridized carbons (Fsp3) is 0.136. The van der Waals surface area contributed by atoms with Gasteiger partial charge in [0.25, 0.3) is 5.91 Å². The minimum Gasteiger partial charge on any atom is -0.467 e. The van der Waals surface area contributed by atoms with Crippen LogP contribution in [0.25, 0.3) is 10.2 Å². The lowest BCUT2D eigenvalue weighted by Crippen LogP contribution is -2.30. The van der Waals surface area contributed by atoms with Crippen LogP contribution in [0.5, 0.6) is 0 Å². The number of hydrogen-bond donors (Lipinski definition) is 0. The first-order valence-corrected chi connectivity index (χ1v) is 10.1. The fourth-order valence-electron chi connectivity index (χ4n) is 2.99. The summed E-state index contributed by atoms with van der Waals surface area (Å²) in [7, 11) is 0. The highest BCUT2D eigenvalue weighted by atomic mass is 35.5. The Hall–Kier alpha value is -2.96. The molecule has 0 atom stereocenters. The number of carbonyl (C=O) groups is 2. The van der Waals surface area contributed by atoms with Crippen molar-refractivity contribution in [2.45, 2.75) is 20.4 Å². The second-order valence-corrected chi connectivity index (χ2v) is 8.03. The van der Waals surface area contributed by atoms with E-state index in [1.807, 2.05) is 25.1 Å². The average Bonchev–Trinajstić information content (AvgIpc) is 3.39. The number of nitrogens with zero attached hydrogens (tertiary/aromatic N) is 2. The molecule has 2 aromatic heterocycles. The Balaban J connectivity index is 1.77. The molecule has 0 radical (unpaired) electrons. The summed E-state index contributed by atoms with van der Waals surface area (Å²) in [6.45, 7) is 3.69. The van der Waals surface area contributed by atoms with E-state index in [9.17, 15) is 9.59 Å². The summed E-state index contributed by atoms with van der Waals surface area (Å²) in [5, 5.41) is 1.14. The number of amides is 1. The minimum atomic E-state index is -0.232. The van der Waals surface area contributed by atoms with E-state index < -0.39 is 0 Å². The summed E-state index contributed by atoms with van der Waals surface area (Å²) in [5.74, 6) is 0.359. The number of furan rings is 1. The van der Waals surface area contributed by atoms with E-state index in [0.29, 0.717) is 27.0 Å². The van der Waals surface area contributed by atoms with Crippen LogP contribution in [0.1, 0.15) is 39.0 Å². The first-order chi connectivity index (χ1) is 13.9. The van der Waals surface area contributed by atoms with Gasteiger partial charge in [0.05, 0.1) is 28.0 Å². The van der Waals surface area contributed by atoms with Gasteiger partial charge in [-0.15, -0.1) is 0 Å². The zero-order valence-corrected chi connectivity index (χ0v) is 17.4. The molecule has 4 rings (SSSR count). The highest BCUT2D eigenvalue weighted by molar-refractivity contribution is 7.23. The van der Waals surface area contributed by atoms with E-state index >= 15 is 0 Å². The number of ketones is 1. The fourth-order valence-corrected chi connectivity index (χ4v) is 4.31. The lowest BCUT2D eigenvalue weighted by Gasteiger charge is -2.19. The molecule has 2 aromatic carbocycles. The Bertz CT molecular complexity index is 1160. The predicted octanol–water partition coefficient (Wildman–Crippen LogP) is 5.90. The maximum Gasteiger partial charge on any atom is 0.260 e. The number of thiazole rings is 1. The summed E-state index contributed by atoms with van der Waals surface area (Å²) < 4.78 is 6.29. The van der Waals surface area contributed by atoms with Gasteiger partial charge < -0.3 is 4.42 Å². The van der Waals surface area contributed by atoms with Crippen LogP contribution in [0.15, 0.2) is 59.2 Å². The molecule has 29 heavy (non-hydrogen) atoms. The van der Waals surface area contributed by atoms with Crippen LogP contribution in [0, 0.1) is 6.92 Å². The normalized spacial score (nSPS) is 11.0. The number of aromatic nitrogens is 1. The van der Waals surface area contributed by atoms with Crippen molar-refractivity contribution in [3.05, 3.63) is 82.3 Å². The lowest BCUT2D eigenvalue weighted by molar-refractivity contribution is 0.0979. The molecule has 0 aliphatic heterocycles.